The van der Waals surface area contributed by atoms with Crippen molar-refractivity contribution >= 4 is 11.5 Å². The third-order valence-corrected chi connectivity index (χ3v) is 1.64. The highest BCUT2D eigenvalue weighted by Crippen LogP contribution is 2.08. The zero-order valence-electron chi connectivity index (χ0n) is 7.00. The van der Waals surface area contributed by atoms with Gasteiger partial charge in [0, 0.05) is 18.3 Å². The molecule has 1 aromatic rings. The van der Waals surface area contributed by atoms with Crippen LogP contribution in [0.4, 0.5) is 5.69 Å². The van der Waals surface area contributed by atoms with Crippen LogP contribution in [0.15, 0.2) is 36.9 Å². The van der Waals surface area contributed by atoms with E-state index in [1.807, 2.05) is 19.2 Å². The van der Waals surface area contributed by atoms with Crippen molar-refractivity contribution in [2.45, 2.75) is 0 Å². The highest BCUT2D eigenvalue weighted by atomic mass is 16.1. The van der Waals surface area contributed by atoms with E-state index in [-0.39, 0.29) is 5.78 Å². The summed E-state index contributed by atoms with van der Waals surface area (Å²) in [7, 11) is 1.84. The molecule has 0 unspecified atom stereocenters. The maximum atomic E-state index is 11.1. The van der Waals surface area contributed by atoms with Crippen LogP contribution in [0.5, 0.6) is 0 Å². The standard InChI is InChI=1S/C10H11NO/c1-3-10(12)8-4-6-9(11-2)7-5-8/h3-7,11H,1H2,2H3. The average molecular weight is 161 g/mol. The van der Waals surface area contributed by atoms with Gasteiger partial charge in [0.05, 0.1) is 0 Å². The Kier molecular flexibility index (Phi) is 2.64. The normalized spacial score (nSPS) is 9.08. The van der Waals surface area contributed by atoms with Crippen LogP contribution in [0.3, 0.4) is 0 Å². The lowest BCUT2D eigenvalue weighted by molar-refractivity contribution is 0.104. The molecule has 0 aliphatic rings. The van der Waals surface area contributed by atoms with Crippen molar-refractivity contribution in [3.63, 3.8) is 0 Å². The first-order valence-electron chi connectivity index (χ1n) is 3.72. The SMILES string of the molecule is C=CC(=O)c1ccc(NC)cc1. The van der Waals surface area contributed by atoms with Gasteiger partial charge in [0.1, 0.15) is 0 Å². The molecule has 0 heterocycles. The van der Waals surface area contributed by atoms with E-state index < -0.39 is 0 Å². The molecule has 0 spiro atoms. The Hall–Kier alpha value is -1.57. The molecule has 62 valence electrons. The Bertz CT molecular complexity index is 287. The molecular weight excluding hydrogens is 150 g/mol. The fourth-order valence-electron chi connectivity index (χ4n) is 0.919. The summed E-state index contributed by atoms with van der Waals surface area (Å²) in [6, 6.07) is 7.26. The van der Waals surface area contributed by atoms with Gasteiger partial charge in [-0.25, -0.2) is 0 Å². The largest absolute Gasteiger partial charge is 0.388 e. The number of benzene rings is 1. The van der Waals surface area contributed by atoms with Crippen LogP contribution in [-0.2, 0) is 0 Å². The van der Waals surface area contributed by atoms with Crippen molar-refractivity contribution in [2.75, 3.05) is 12.4 Å². The van der Waals surface area contributed by atoms with E-state index >= 15 is 0 Å². The van der Waals surface area contributed by atoms with Gasteiger partial charge in [-0.3, -0.25) is 4.79 Å². The Morgan fingerprint density at radius 3 is 2.42 bits per heavy atom. The fraction of sp³-hybridized carbons (Fsp3) is 0.100. The number of hydrogen-bond acceptors (Lipinski definition) is 2. The molecule has 0 aromatic heterocycles. The van der Waals surface area contributed by atoms with Gasteiger partial charge in [0.2, 0.25) is 0 Å². The van der Waals surface area contributed by atoms with Crippen LogP contribution in [0.2, 0.25) is 0 Å². The van der Waals surface area contributed by atoms with Crippen molar-refractivity contribution in [1.29, 1.82) is 0 Å². The Morgan fingerprint density at radius 1 is 1.42 bits per heavy atom. The number of hydrogen-bond donors (Lipinski definition) is 1. The molecule has 0 saturated carbocycles. The summed E-state index contributed by atoms with van der Waals surface area (Å²) in [5.74, 6) is -0.0438. The topological polar surface area (TPSA) is 29.1 Å². The Morgan fingerprint density at radius 2 is 2.00 bits per heavy atom. The minimum Gasteiger partial charge on any atom is -0.388 e. The molecule has 0 saturated heterocycles. The minimum atomic E-state index is -0.0438. The van der Waals surface area contributed by atoms with Crippen LogP contribution >= 0.6 is 0 Å². The molecule has 0 fully saturated rings. The Labute approximate surface area is 71.9 Å². The summed E-state index contributed by atoms with van der Waals surface area (Å²) in [6.07, 6.45) is 1.31. The first-order valence-corrected chi connectivity index (χ1v) is 3.72. The van der Waals surface area contributed by atoms with Crippen LogP contribution < -0.4 is 5.32 Å². The third-order valence-electron chi connectivity index (χ3n) is 1.64. The molecule has 0 aliphatic carbocycles. The minimum absolute atomic E-state index is 0.0438. The maximum absolute atomic E-state index is 11.1. The molecule has 2 nitrogen and oxygen atoms in total. The number of rotatable bonds is 3. The molecule has 1 N–H and O–H groups in total. The molecule has 0 bridgehead atoms. The third kappa shape index (κ3) is 1.72. The Balaban J connectivity index is 2.91. The van der Waals surface area contributed by atoms with E-state index in [4.69, 9.17) is 0 Å². The zero-order chi connectivity index (χ0) is 8.97. The highest BCUT2D eigenvalue weighted by molar-refractivity contribution is 6.04. The van der Waals surface area contributed by atoms with Crippen molar-refractivity contribution in [3.8, 4) is 0 Å². The fourth-order valence-corrected chi connectivity index (χ4v) is 0.919. The first-order chi connectivity index (χ1) is 5.77. The molecule has 0 radical (unpaired) electrons. The van der Waals surface area contributed by atoms with Crippen molar-refractivity contribution < 1.29 is 4.79 Å². The van der Waals surface area contributed by atoms with E-state index in [0.717, 1.165) is 5.69 Å². The lowest BCUT2D eigenvalue weighted by atomic mass is 10.1. The summed E-state index contributed by atoms with van der Waals surface area (Å²) in [6.45, 7) is 3.41. The predicted molar refractivity (Wildman–Crippen MR) is 50.5 cm³/mol. The summed E-state index contributed by atoms with van der Waals surface area (Å²) in [5, 5.41) is 2.97. The van der Waals surface area contributed by atoms with E-state index in [2.05, 4.69) is 11.9 Å². The van der Waals surface area contributed by atoms with E-state index in [1.165, 1.54) is 6.08 Å². The lowest BCUT2D eigenvalue weighted by Gasteiger charge is -1.99. The second-order valence-electron chi connectivity index (χ2n) is 2.40. The molecule has 2 heteroatoms. The van der Waals surface area contributed by atoms with Gasteiger partial charge in [-0.15, -0.1) is 0 Å². The molecule has 1 rings (SSSR count). The van der Waals surface area contributed by atoms with Gasteiger partial charge < -0.3 is 5.32 Å². The first kappa shape index (κ1) is 8.53. The molecule has 12 heavy (non-hydrogen) atoms. The van der Waals surface area contributed by atoms with E-state index in [1.54, 1.807) is 12.1 Å². The van der Waals surface area contributed by atoms with Gasteiger partial charge in [-0.2, -0.15) is 0 Å². The van der Waals surface area contributed by atoms with E-state index in [9.17, 15) is 4.79 Å². The summed E-state index contributed by atoms with van der Waals surface area (Å²) in [4.78, 5) is 11.1. The van der Waals surface area contributed by atoms with Crippen molar-refractivity contribution in [1.82, 2.24) is 0 Å². The number of nitrogens with one attached hydrogen (secondary N) is 1. The molecule has 1 aromatic carbocycles. The molecule has 0 atom stereocenters. The predicted octanol–water partition coefficient (Wildman–Crippen LogP) is 2.10. The van der Waals surface area contributed by atoms with Crippen molar-refractivity contribution in [3.05, 3.63) is 42.5 Å². The summed E-state index contributed by atoms with van der Waals surface area (Å²) >= 11 is 0. The number of anilines is 1. The van der Waals surface area contributed by atoms with Gasteiger partial charge in [-0.1, -0.05) is 6.58 Å². The van der Waals surface area contributed by atoms with Gasteiger partial charge in [-0.05, 0) is 30.3 Å². The average Bonchev–Trinajstić information content (AvgIpc) is 2.17. The number of carbonyl (C=O) groups is 1. The number of carbonyl (C=O) groups excluding carboxylic acids is 1. The lowest BCUT2D eigenvalue weighted by Crippen LogP contribution is -1.94. The second kappa shape index (κ2) is 3.72. The van der Waals surface area contributed by atoms with Gasteiger partial charge >= 0.3 is 0 Å². The summed E-state index contributed by atoms with van der Waals surface area (Å²) < 4.78 is 0. The quantitative estimate of drug-likeness (QED) is 0.543. The van der Waals surface area contributed by atoms with Crippen LogP contribution in [-0.4, -0.2) is 12.8 Å². The molecular formula is C10H11NO. The van der Waals surface area contributed by atoms with Crippen LogP contribution in [0.1, 0.15) is 10.4 Å². The number of ketones is 1. The maximum Gasteiger partial charge on any atom is 0.185 e. The number of allylic oxidation sites excluding steroid dienone is 1. The monoisotopic (exact) mass is 161 g/mol. The zero-order valence-corrected chi connectivity index (χ0v) is 7.00. The molecule has 0 amide bonds. The highest BCUT2D eigenvalue weighted by Gasteiger charge is 1.98. The summed E-state index contributed by atoms with van der Waals surface area (Å²) in [5.41, 5.74) is 1.67. The van der Waals surface area contributed by atoms with Crippen LogP contribution in [0.25, 0.3) is 0 Å². The van der Waals surface area contributed by atoms with Gasteiger partial charge in [0.15, 0.2) is 5.78 Å². The molecule has 0 aliphatic heterocycles. The van der Waals surface area contributed by atoms with Crippen molar-refractivity contribution in [2.24, 2.45) is 0 Å². The van der Waals surface area contributed by atoms with Gasteiger partial charge in [0.25, 0.3) is 0 Å². The van der Waals surface area contributed by atoms with Crippen LogP contribution in [0, 0.1) is 0 Å². The second-order valence-corrected chi connectivity index (χ2v) is 2.40. The smallest absolute Gasteiger partial charge is 0.185 e. The van der Waals surface area contributed by atoms with E-state index in [0.29, 0.717) is 5.56 Å².